The number of hydrogen-bond acceptors (Lipinski definition) is 5. The summed E-state index contributed by atoms with van der Waals surface area (Å²) < 4.78 is 0. The highest BCUT2D eigenvalue weighted by molar-refractivity contribution is 5.93. The lowest BCUT2D eigenvalue weighted by atomic mass is 10.2. The van der Waals surface area contributed by atoms with E-state index in [1.54, 1.807) is 0 Å². The summed E-state index contributed by atoms with van der Waals surface area (Å²) >= 11 is 0. The summed E-state index contributed by atoms with van der Waals surface area (Å²) in [4.78, 5) is 11.2. The topological polar surface area (TPSA) is 92.6 Å². The van der Waals surface area contributed by atoms with E-state index in [0.717, 1.165) is 6.42 Å². The summed E-state index contributed by atoms with van der Waals surface area (Å²) in [6.07, 6.45) is 1.10. The van der Waals surface area contributed by atoms with E-state index in [0.29, 0.717) is 17.9 Å². The van der Waals surface area contributed by atoms with Crippen molar-refractivity contribution in [2.75, 3.05) is 13.2 Å². The summed E-state index contributed by atoms with van der Waals surface area (Å²) in [5.74, 6) is 5.48. The molecule has 0 heterocycles. The number of rotatable bonds is 6. The Labute approximate surface area is 84.3 Å². The standard InChI is InChI=1S/C9H19N3O2/c1-3-5-12(11)9(7(2)14)8(10)4-6-13/h13H,3-6,10-11H2,1-2H3/b9-8-. The quantitative estimate of drug-likeness (QED) is 0.312. The van der Waals surface area contributed by atoms with E-state index < -0.39 is 0 Å². The van der Waals surface area contributed by atoms with E-state index >= 15 is 0 Å². The van der Waals surface area contributed by atoms with Crippen LogP contribution in [0.5, 0.6) is 0 Å². The van der Waals surface area contributed by atoms with Crippen LogP contribution in [0.1, 0.15) is 26.7 Å². The van der Waals surface area contributed by atoms with Crippen molar-refractivity contribution < 1.29 is 9.90 Å². The van der Waals surface area contributed by atoms with E-state index in [2.05, 4.69) is 0 Å². The molecule has 5 nitrogen and oxygen atoms in total. The Hall–Kier alpha value is -1.07. The molecular formula is C9H19N3O2. The number of carbonyl (C=O) groups is 1. The maximum atomic E-state index is 11.2. The fraction of sp³-hybridized carbons (Fsp3) is 0.667. The first kappa shape index (κ1) is 12.9. The zero-order chi connectivity index (χ0) is 11.1. The normalized spacial score (nSPS) is 12.3. The second-order valence-corrected chi connectivity index (χ2v) is 3.10. The van der Waals surface area contributed by atoms with Crippen LogP contribution in [-0.2, 0) is 4.79 Å². The molecule has 0 rings (SSSR count). The van der Waals surface area contributed by atoms with Crippen LogP contribution in [0.2, 0.25) is 0 Å². The van der Waals surface area contributed by atoms with E-state index in [1.165, 1.54) is 11.9 Å². The number of aliphatic hydroxyl groups excluding tert-OH is 1. The molecular weight excluding hydrogens is 182 g/mol. The van der Waals surface area contributed by atoms with Gasteiger partial charge in [-0.3, -0.25) is 4.79 Å². The molecule has 0 unspecified atom stereocenters. The van der Waals surface area contributed by atoms with Gasteiger partial charge in [-0.2, -0.15) is 0 Å². The number of aliphatic hydroxyl groups is 1. The Morgan fingerprint density at radius 3 is 2.43 bits per heavy atom. The average Bonchev–Trinajstić information content (AvgIpc) is 2.04. The summed E-state index contributed by atoms with van der Waals surface area (Å²) in [6, 6.07) is 0. The van der Waals surface area contributed by atoms with Gasteiger partial charge in [-0.05, 0) is 6.42 Å². The molecule has 14 heavy (non-hydrogen) atoms. The minimum absolute atomic E-state index is 0.0808. The largest absolute Gasteiger partial charge is 0.400 e. The first-order valence-electron chi connectivity index (χ1n) is 4.67. The zero-order valence-corrected chi connectivity index (χ0v) is 8.79. The van der Waals surface area contributed by atoms with Gasteiger partial charge >= 0.3 is 0 Å². The molecule has 0 aliphatic rings. The average molecular weight is 201 g/mol. The summed E-state index contributed by atoms with van der Waals surface area (Å²) in [6.45, 7) is 3.86. The van der Waals surface area contributed by atoms with Crippen molar-refractivity contribution in [3.05, 3.63) is 11.4 Å². The van der Waals surface area contributed by atoms with Crippen molar-refractivity contribution in [1.29, 1.82) is 0 Å². The molecule has 0 saturated carbocycles. The van der Waals surface area contributed by atoms with Crippen molar-refractivity contribution >= 4 is 5.78 Å². The van der Waals surface area contributed by atoms with Crippen LogP contribution in [0.15, 0.2) is 11.4 Å². The number of hydrazine groups is 1. The SMILES string of the molecule is CCCN(N)/C(C(C)=O)=C(\N)CCO. The number of carbonyl (C=O) groups excluding carboxylic acids is 1. The third-order valence-corrected chi connectivity index (χ3v) is 1.77. The predicted molar refractivity (Wildman–Crippen MR) is 54.8 cm³/mol. The molecule has 82 valence electrons. The van der Waals surface area contributed by atoms with Crippen LogP contribution >= 0.6 is 0 Å². The lowest BCUT2D eigenvalue weighted by Crippen LogP contribution is -2.36. The van der Waals surface area contributed by atoms with Crippen molar-refractivity contribution in [1.82, 2.24) is 5.01 Å². The Morgan fingerprint density at radius 1 is 1.50 bits per heavy atom. The smallest absolute Gasteiger partial charge is 0.178 e. The fourth-order valence-electron chi connectivity index (χ4n) is 1.20. The Kier molecular flexibility index (Phi) is 5.91. The van der Waals surface area contributed by atoms with Crippen molar-refractivity contribution in [3.63, 3.8) is 0 Å². The van der Waals surface area contributed by atoms with E-state index in [4.69, 9.17) is 16.7 Å². The monoisotopic (exact) mass is 201 g/mol. The molecule has 0 aliphatic carbocycles. The maximum Gasteiger partial charge on any atom is 0.178 e. The molecule has 0 aromatic carbocycles. The molecule has 0 aromatic rings. The van der Waals surface area contributed by atoms with Gasteiger partial charge in [-0.15, -0.1) is 0 Å². The Balaban J connectivity index is 4.73. The second kappa shape index (κ2) is 6.39. The lowest BCUT2D eigenvalue weighted by Gasteiger charge is -2.21. The third kappa shape index (κ3) is 3.76. The molecule has 0 spiro atoms. The molecule has 5 N–H and O–H groups in total. The molecule has 0 bridgehead atoms. The Morgan fingerprint density at radius 2 is 2.07 bits per heavy atom. The summed E-state index contributed by atoms with van der Waals surface area (Å²) in [5, 5.41) is 10.0. The molecule has 0 aromatic heterocycles. The molecule has 5 heteroatoms. The number of allylic oxidation sites excluding steroid dienone is 1. The minimum Gasteiger partial charge on any atom is -0.400 e. The van der Waals surface area contributed by atoms with Crippen LogP contribution in [0.4, 0.5) is 0 Å². The minimum atomic E-state index is -0.174. The highest BCUT2D eigenvalue weighted by atomic mass is 16.3. The molecule has 0 fully saturated rings. The highest BCUT2D eigenvalue weighted by Crippen LogP contribution is 2.07. The van der Waals surface area contributed by atoms with Gasteiger partial charge in [-0.25, -0.2) is 5.84 Å². The molecule has 0 radical (unpaired) electrons. The molecule has 0 atom stereocenters. The molecule has 0 amide bonds. The van der Waals surface area contributed by atoms with Crippen LogP contribution in [0.25, 0.3) is 0 Å². The van der Waals surface area contributed by atoms with Crippen LogP contribution in [-0.4, -0.2) is 29.1 Å². The van der Waals surface area contributed by atoms with Crippen LogP contribution in [0, 0.1) is 0 Å². The van der Waals surface area contributed by atoms with Crippen molar-refractivity contribution in [3.8, 4) is 0 Å². The van der Waals surface area contributed by atoms with Gasteiger partial charge in [0.2, 0.25) is 0 Å². The lowest BCUT2D eigenvalue weighted by molar-refractivity contribution is -0.115. The number of ketones is 1. The zero-order valence-electron chi connectivity index (χ0n) is 8.79. The van der Waals surface area contributed by atoms with Gasteiger partial charge < -0.3 is 15.8 Å². The van der Waals surface area contributed by atoms with E-state index in [9.17, 15) is 4.79 Å². The molecule has 0 saturated heterocycles. The number of hydrogen-bond donors (Lipinski definition) is 3. The maximum absolute atomic E-state index is 11.2. The van der Waals surface area contributed by atoms with Crippen molar-refractivity contribution in [2.45, 2.75) is 26.7 Å². The highest BCUT2D eigenvalue weighted by Gasteiger charge is 2.13. The first-order valence-corrected chi connectivity index (χ1v) is 4.67. The Bertz CT molecular complexity index is 226. The summed E-state index contributed by atoms with van der Waals surface area (Å²) in [7, 11) is 0. The second-order valence-electron chi connectivity index (χ2n) is 3.10. The van der Waals surface area contributed by atoms with Gasteiger partial charge in [0.05, 0.1) is 0 Å². The van der Waals surface area contributed by atoms with Crippen molar-refractivity contribution in [2.24, 2.45) is 11.6 Å². The third-order valence-electron chi connectivity index (χ3n) is 1.77. The van der Waals surface area contributed by atoms with Gasteiger partial charge in [0.1, 0.15) is 5.70 Å². The van der Waals surface area contributed by atoms with Crippen LogP contribution < -0.4 is 11.6 Å². The summed E-state index contributed by atoms with van der Waals surface area (Å²) in [5.41, 5.74) is 6.29. The number of nitrogens with zero attached hydrogens (tertiary/aromatic N) is 1. The number of Topliss-reactive ketones (excluding diaryl/α,β-unsaturated/α-hetero) is 1. The molecule has 0 aliphatic heterocycles. The van der Waals surface area contributed by atoms with E-state index in [1.807, 2.05) is 6.92 Å². The van der Waals surface area contributed by atoms with Gasteiger partial charge in [0, 0.05) is 32.2 Å². The first-order chi connectivity index (χ1) is 6.54. The van der Waals surface area contributed by atoms with Gasteiger partial charge in [-0.1, -0.05) is 6.92 Å². The van der Waals surface area contributed by atoms with Gasteiger partial charge in [0.15, 0.2) is 5.78 Å². The van der Waals surface area contributed by atoms with Gasteiger partial charge in [0.25, 0.3) is 0 Å². The van der Waals surface area contributed by atoms with Crippen LogP contribution in [0.3, 0.4) is 0 Å². The predicted octanol–water partition coefficient (Wildman–Crippen LogP) is -0.286. The van der Waals surface area contributed by atoms with E-state index in [-0.39, 0.29) is 18.8 Å². The number of nitrogens with two attached hydrogens (primary N) is 2. The fourth-order valence-corrected chi connectivity index (χ4v) is 1.20.